The molecule has 0 spiro atoms. The van der Waals surface area contributed by atoms with E-state index in [9.17, 15) is 0 Å². The normalized spacial score (nSPS) is 12.2. The molecule has 0 amide bonds. The molecule has 0 aliphatic rings. The van der Waals surface area contributed by atoms with Gasteiger partial charge in [0.25, 0.3) is 0 Å². The van der Waals surface area contributed by atoms with Crippen LogP contribution in [0.2, 0.25) is 0 Å². The van der Waals surface area contributed by atoms with Gasteiger partial charge >= 0.3 is 0 Å². The summed E-state index contributed by atoms with van der Waals surface area (Å²) in [7, 11) is 0. The number of hydrogen-bond acceptors (Lipinski definition) is 2. The van der Waals surface area contributed by atoms with Crippen molar-refractivity contribution in [3.8, 4) is 5.75 Å². The molecular weight excluding hydrogens is 222 g/mol. The Balaban J connectivity index is 3.15. The highest BCUT2D eigenvalue weighted by Crippen LogP contribution is 2.33. The minimum Gasteiger partial charge on any atom is -0.357 e. The van der Waals surface area contributed by atoms with Crippen molar-refractivity contribution in [2.45, 2.75) is 59.3 Å². The fraction of sp³-hybridized carbons (Fsp3) is 0.562. The molecule has 1 unspecified atom stereocenters. The number of benzene rings is 1. The van der Waals surface area contributed by atoms with E-state index in [0.29, 0.717) is 5.92 Å². The number of rotatable bonds is 7. The lowest BCUT2D eigenvalue weighted by Gasteiger charge is -2.18. The second-order valence-corrected chi connectivity index (χ2v) is 4.93. The molecular formula is C16H25NO. The van der Waals surface area contributed by atoms with Gasteiger partial charge in [0.05, 0.1) is 0 Å². The molecule has 1 aromatic rings. The summed E-state index contributed by atoms with van der Waals surface area (Å²) in [6, 6.07) is 4.43. The van der Waals surface area contributed by atoms with Crippen LogP contribution in [0.5, 0.6) is 5.75 Å². The Kier molecular flexibility index (Phi) is 5.90. The maximum Gasteiger partial charge on any atom is 0.164 e. The molecule has 18 heavy (non-hydrogen) atoms. The summed E-state index contributed by atoms with van der Waals surface area (Å²) in [5.74, 6) is 1.48. The van der Waals surface area contributed by atoms with E-state index in [-0.39, 0.29) is 0 Å². The molecule has 0 bridgehead atoms. The van der Waals surface area contributed by atoms with E-state index >= 15 is 0 Å². The van der Waals surface area contributed by atoms with Crippen LogP contribution in [-0.4, -0.2) is 6.72 Å². The highest BCUT2D eigenvalue weighted by Gasteiger charge is 2.15. The summed E-state index contributed by atoms with van der Waals surface area (Å²) in [5, 5.41) is 3.61. The average molecular weight is 247 g/mol. The highest BCUT2D eigenvalue weighted by molar-refractivity contribution is 5.47. The molecule has 0 radical (unpaired) electrons. The summed E-state index contributed by atoms with van der Waals surface area (Å²) in [4.78, 5) is 5.40. The Hall–Kier alpha value is -1.31. The van der Waals surface area contributed by atoms with Crippen molar-refractivity contribution in [1.29, 1.82) is 0 Å². The average Bonchev–Trinajstić information content (AvgIpc) is 2.34. The van der Waals surface area contributed by atoms with Crippen molar-refractivity contribution < 1.29 is 4.84 Å². The maximum absolute atomic E-state index is 5.40. The molecule has 0 saturated heterocycles. The van der Waals surface area contributed by atoms with Crippen LogP contribution >= 0.6 is 0 Å². The van der Waals surface area contributed by atoms with Crippen molar-refractivity contribution in [3.63, 3.8) is 0 Å². The second kappa shape index (κ2) is 7.20. The quantitative estimate of drug-likeness (QED) is 0.499. The van der Waals surface area contributed by atoms with Gasteiger partial charge in [-0.1, -0.05) is 50.9 Å². The zero-order valence-electron chi connectivity index (χ0n) is 12.1. The molecule has 1 aromatic carbocycles. The lowest BCUT2D eigenvalue weighted by atomic mass is 9.90. The Morgan fingerprint density at radius 3 is 2.56 bits per heavy atom. The first-order valence-corrected chi connectivity index (χ1v) is 6.91. The zero-order chi connectivity index (χ0) is 13.5. The van der Waals surface area contributed by atoms with Crippen LogP contribution in [0.3, 0.4) is 0 Å². The van der Waals surface area contributed by atoms with Crippen LogP contribution in [0.25, 0.3) is 0 Å². The van der Waals surface area contributed by atoms with Gasteiger partial charge in [0.15, 0.2) is 5.75 Å². The summed E-state index contributed by atoms with van der Waals surface area (Å²) < 4.78 is 0. The van der Waals surface area contributed by atoms with Crippen LogP contribution < -0.4 is 4.84 Å². The highest BCUT2D eigenvalue weighted by atomic mass is 16.6. The maximum atomic E-state index is 5.40. The fourth-order valence-electron chi connectivity index (χ4n) is 2.54. The first-order chi connectivity index (χ1) is 8.65. The third-order valence-corrected chi connectivity index (χ3v) is 3.46. The standard InChI is InChI=1S/C16H25NO/c1-6-8-12(3)15-11-10-14(9-7-2)16(13(15)4)18-17-5/h10-12H,5-9H2,1-4H3. The molecule has 0 N–H and O–H groups in total. The van der Waals surface area contributed by atoms with Gasteiger partial charge in [-0.3, -0.25) is 0 Å². The van der Waals surface area contributed by atoms with Crippen LogP contribution in [0.4, 0.5) is 0 Å². The Morgan fingerprint density at radius 1 is 1.28 bits per heavy atom. The number of aryl methyl sites for hydroxylation is 1. The molecule has 0 fully saturated rings. The number of hydrogen-bond donors (Lipinski definition) is 0. The Morgan fingerprint density at radius 2 is 2.00 bits per heavy atom. The van der Waals surface area contributed by atoms with Crippen molar-refractivity contribution in [3.05, 3.63) is 28.8 Å². The minimum atomic E-state index is 0.567. The van der Waals surface area contributed by atoms with Gasteiger partial charge in [-0.15, -0.1) is 0 Å². The van der Waals surface area contributed by atoms with E-state index in [1.165, 1.54) is 29.5 Å². The van der Waals surface area contributed by atoms with Gasteiger partial charge in [0, 0.05) is 6.72 Å². The van der Waals surface area contributed by atoms with Gasteiger partial charge in [0.1, 0.15) is 0 Å². The third-order valence-electron chi connectivity index (χ3n) is 3.46. The molecule has 0 saturated carbocycles. The molecule has 2 nitrogen and oxygen atoms in total. The van der Waals surface area contributed by atoms with Crippen molar-refractivity contribution in [1.82, 2.24) is 0 Å². The van der Waals surface area contributed by atoms with E-state index in [1.54, 1.807) is 0 Å². The Labute approximate surface area is 111 Å². The van der Waals surface area contributed by atoms with Gasteiger partial charge in [-0.05, 0) is 42.4 Å². The van der Waals surface area contributed by atoms with Crippen molar-refractivity contribution in [2.24, 2.45) is 5.16 Å². The SMILES string of the molecule is C=NOc1c(CCC)ccc(C(C)CCC)c1C. The smallest absolute Gasteiger partial charge is 0.164 e. The van der Waals surface area contributed by atoms with E-state index in [1.807, 2.05) is 0 Å². The lowest BCUT2D eigenvalue weighted by Crippen LogP contribution is -2.01. The first-order valence-electron chi connectivity index (χ1n) is 6.91. The van der Waals surface area contributed by atoms with Crippen LogP contribution in [-0.2, 0) is 6.42 Å². The second-order valence-electron chi connectivity index (χ2n) is 4.93. The monoisotopic (exact) mass is 247 g/mol. The van der Waals surface area contributed by atoms with E-state index in [2.05, 4.69) is 51.7 Å². The van der Waals surface area contributed by atoms with Gasteiger partial charge in [-0.25, -0.2) is 0 Å². The van der Waals surface area contributed by atoms with Gasteiger partial charge in [-0.2, -0.15) is 0 Å². The molecule has 0 aliphatic heterocycles. The van der Waals surface area contributed by atoms with Crippen LogP contribution in [0, 0.1) is 6.92 Å². The predicted molar refractivity (Wildman–Crippen MR) is 78.7 cm³/mol. The summed E-state index contributed by atoms with van der Waals surface area (Å²) >= 11 is 0. The molecule has 1 atom stereocenters. The summed E-state index contributed by atoms with van der Waals surface area (Å²) in [6.45, 7) is 12.2. The van der Waals surface area contributed by atoms with Gasteiger partial charge < -0.3 is 4.84 Å². The Bertz CT molecular complexity index is 398. The van der Waals surface area contributed by atoms with Crippen molar-refractivity contribution >= 4 is 6.72 Å². The fourth-order valence-corrected chi connectivity index (χ4v) is 2.54. The van der Waals surface area contributed by atoms with Crippen LogP contribution in [0.15, 0.2) is 17.3 Å². The largest absolute Gasteiger partial charge is 0.357 e. The topological polar surface area (TPSA) is 21.6 Å². The van der Waals surface area contributed by atoms with Crippen molar-refractivity contribution in [2.75, 3.05) is 0 Å². The zero-order valence-corrected chi connectivity index (χ0v) is 12.1. The predicted octanol–water partition coefficient (Wildman–Crippen LogP) is 4.85. The van der Waals surface area contributed by atoms with E-state index in [0.717, 1.165) is 18.6 Å². The molecule has 100 valence electrons. The van der Waals surface area contributed by atoms with Crippen LogP contribution in [0.1, 0.15) is 62.6 Å². The molecule has 0 aliphatic carbocycles. The molecule has 0 aromatic heterocycles. The molecule has 0 heterocycles. The summed E-state index contributed by atoms with van der Waals surface area (Å²) in [5.41, 5.74) is 3.82. The molecule has 2 heteroatoms. The van der Waals surface area contributed by atoms with E-state index in [4.69, 9.17) is 4.84 Å². The van der Waals surface area contributed by atoms with Gasteiger partial charge in [0.2, 0.25) is 0 Å². The number of oxime groups is 1. The lowest BCUT2D eigenvalue weighted by molar-refractivity contribution is 0.338. The third kappa shape index (κ3) is 3.34. The van der Waals surface area contributed by atoms with E-state index < -0.39 is 0 Å². The minimum absolute atomic E-state index is 0.567. The summed E-state index contributed by atoms with van der Waals surface area (Å²) in [6.07, 6.45) is 4.53. The molecule has 1 rings (SSSR count). The number of nitrogens with zero attached hydrogens (tertiary/aromatic N) is 1. The first kappa shape index (κ1) is 14.7.